The molecule has 2 aromatic heterocycles. The van der Waals surface area contributed by atoms with Crippen molar-refractivity contribution in [2.24, 2.45) is 0 Å². The first-order valence-corrected chi connectivity index (χ1v) is 7.46. The number of morpholine rings is 1. The minimum absolute atomic E-state index is 0.721. The Labute approximate surface area is 129 Å². The number of aromatic nitrogens is 4. The molecule has 0 atom stereocenters. The van der Waals surface area contributed by atoms with Crippen molar-refractivity contribution in [3.63, 3.8) is 0 Å². The molecule has 1 saturated heterocycles. The summed E-state index contributed by atoms with van der Waals surface area (Å²) in [5.74, 6) is 3.09. The quantitative estimate of drug-likeness (QED) is 0.733. The van der Waals surface area contributed by atoms with Gasteiger partial charge in [0.2, 0.25) is 0 Å². The average molecular weight is 303 g/mol. The second-order valence-corrected chi connectivity index (χ2v) is 5.16. The molecular weight excluding hydrogens is 282 g/mol. The van der Waals surface area contributed by atoms with Crippen LogP contribution in [-0.4, -0.2) is 64.5 Å². The Balaban J connectivity index is 1.55. The fourth-order valence-electron chi connectivity index (χ4n) is 2.35. The van der Waals surface area contributed by atoms with Gasteiger partial charge >= 0.3 is 0 Å². The number of nitrogens with zero attached hydrogens (tertiary/aromatic N) is 4. The summed E-state index contributed by atoms with van der Waals surface area (Å²) in [5.41, 5.74) is 0. The van der Waals surface area contributed by atoms with E-state index >= 15 is 0 Å². The molecule has 0 spiro atoms. The van der Waals surface area contributed by atoms with E-state index in [2.05, 4.69) is 35.7 Å². The molecule has 1 aliphatic heterocycles. The van der Waals surface area contributed by atoms with E-state index in [1.54, 1.807) is 6.20 Å². The van der Waals surface area contributed by atoms with Crippen molar-refractivity contribution in [2.75, 3.05) is 50.0 Å². The molecule has 0 amide bonds. The maximum atomic E-state index is 5.35. The minimum atomic E-state index is 0.721. The van der Waals surface area contributed by atoms with Crippen LogP contribution < -0.4 is 10.6 Å². The lowest BCUT2D eigenvalue weighted by molar-refractivity contribution is 0.0398. The predicted molar refractivity (Wildman–Crippen MR) is 84.4 cm³/mol. The molecular formula is C14H21N7O. The van der Waals surface area contributed by atoms with Crippen molar-refractivity contribution in [3.8, 4) is 0 Å². The first-order valence-electron chi connectivity index (χ1n) is 7.46. The first kappa shape index (κ1) is 14.7. The summed E-state index contributed by atoms with van der Waals surface area (Å²) in [5, 5.41) is 13.3. The van der Waals surface area contributed by atoms with Crippen LogP contribution in [0, 0.1) is 6.92 Å². The van der Waals surface area contributed by atoms with E-state index in [9.17, 15) is 0 Å². The standard InChI is InChI=1S/C14H21N7O/c1-11-17-13(15-4-5-21-6-8-22-9-7-21)10-14(18-11)19-12-2-3-16-20-12/h2-3,10H,4-9H2,1H3,(H3,15,16,17,18,19,20). The topological polar surface area (TPSA) is 91.0 Å². The molecule has 3 rings (SSSR count). The second-order valence-electron chi connectivity index (χ2n) is 5.16. The molecule has 8 nitrogen and oxygen atoms in total. The number of rotatable bonds is 6. The molecule has 1 fully saturated rings. The van der Waals surface area contributed by atoms with E-state index < -0.39 is 0 Å². The van der Waals surface area contributed by atoms with Gasteiger partial charge in [0.15, 0.2) is 0 Å². The van der Waals surface area contributed by atoms with E-state index in [0.717, 1.165) is 62.7 Å². The number of hydrogen-bond acceptors (Lipinski definition) is 7. The molecule has 0 aromatic carbocycles. The van der Waals surface area contributed by atoms with Gasteiger partial charge in [0.1, 0.15) is 23.3 Å². The Morgan fingerprint density at radius 3 is 2.86 bits per heavy atom. The van der Waals surface area contributed by atoms with Crippen LogP contribution in [0.1, 0.15) is 5.82 Å². The fraction of sp³-hybridized carbons (Fsp3) is 0.500. The lowest BCUT2D eigenvalue weighted by Crippen LogP contribution is -2.39. The van der Waals surface area contributed by atoms with Crippen LogP contribution in [0.3, 0.4) is 0 Å². The third kappa shape index (κ3) is 4.15. The zero-order valence-electron chi connectivity index (χ0n) is 12.7. The normalized spacial score (nSPS) is 15.7. The molecule has 0 radical (unpaired) electrons. The first-order chi connectivity index (χ1) is 10.8. The van der Waals surface area contributed by atoms with Crippen LogP contribution in [0.25, 0.3) is 0 Å². The van der Waals surface area contributed by atoms with Crippen LogP contribution in [0.2, 0.25) is 0 Å². The molecule has 8 heteroatoms. The second kappa shape index (κ2) is 7.19. The Morgan fingerprint density at radius 1 is 1.27 bits per heavy atom. The maximum Gasteiger partial charge on any atom is 0.137 e. The number of ether oxygens (including phenoxy) is 1. The smallest absolute Gasteiger partial charge is 0.137 e. The zero-order valence-corrected chi connectivity index (χ0v) is 12.7. The van der Waals surface area contributed by atoms with Gasteiger partial charge in [-0.3, -0.25) is 10.00 Å². The predicted octanol–water partition coefficient (Wildman–Crippen LogP) is 0.996. The lowest BCUT2D eigenvalue weighted by atomic mass is 10.4. The largest absolute Gasteiger partial charge is 0.379 e. The summed E-state index contributed by atoms with van der Waals surface area (Å²) in [6, 6.07) is 3.75. The number of hydrogen-bond donors (Lipinski definition) is 3. The monoisotopic (exact) mass is 303 g/mol. The Morgan fingerprint density at radius 2 is 2.09 bits per heavy atom. The van der Waals surface area contributed by atoms with Gasteiger partial charge in [0.25, 0.3) is 0 Å². The Bertz CT molecular complexity index is 581. The van der Waals surface area contributed by atoms with Gasteiger partial charge in [-0.1, -0.05) is 0 Å². The highest BCUT2D eigenvalue weighted by atomic mass is 16.5. The summed E-state index contributed by atoms with van der Waals surface area (Å²) >= 11 is 0. The van der Waals surface area contributed by atoms with Gasteiger partial charge in [-0.2, -0.15) is 5.10 Å². The molecule has 0 aliphatic carbocycles. The number of nitrogens with one attached hydrogen (secondary N) is 3. The molecule has 3 heterocycles. The van der Waals surface area contributed by atoms with Crippen LogP contribution in [0.4, 0.5) is 17.5 Å². The van der Waals surface area contributed by atoms with E-state index in [0.29, 0.717) is 0 Å². The van der Waals surface area contributed by atoms with E-state index in [-0.39, 0.29) is 0 Å². The van der Waals surface area contributed by atoms with Crippen molar-refractivity contribution >= 4 is 17.5 Å². The molecule has 118 valence electrons. The molecule has 2 aromatic rings. The molecule has 0 bridgehead atoms. The lowest BCUT2D eigenvalue weighted by Gasteiger charge is -2.26. The van der Waals surface area contributed by atoms with Gasteiger partial charge in [0, 0.05) is 38.3 Å². The number of H-pyrrole nitrogens is 1. The summed E-state index contributed by atoms with van der Waals surface area (Å²) in [6.45, 7) is 7.35. The van der Waals surface area contributed by atoms with Gasteiger partial charge < -0.3 is 15.4 Å². The van der Waals surface area contributed by atoms with Crippen molar-refractivity contribution in [3.05, 3.63) is 24.2 Å². The van der Waals surface area contributed by atoms with Gasteiger partial charge in [-0.05, 0) is 6.92 Å². The summed E-state index contributed by atoms with van der Waals surface area (Å²) in [7, 11) is 0. The van der Waals surface area contributed by atoms with Crippen molar-refractivity contribution in [1.82, 2.24) is 25.1 Å². The molecule has 1 aliphatic rings. The summed E-state index contributed by atoms with van der Waals surface area (Å²) in [6.07, 6.45) is 1.69. The summed E-state index contributed by atoms with van der Waals surface area (Å²) in [4.78, 5) is 11.2. The van der Waals surface area contributed by atoms with E-state index in [4.69, 9.17) is 4.74 Å². The van der Waals surface area contributed by atoms with Gasteiger partial charge in [-0.25, -0.2) is 9.97 Å². The highest BCUT2D eigenvalue weighted by Gasteiger charge is 2.09. The van der Waals surface area contributed by atoms with E-state index in [1.165, 1.54) is 0 Å². The van der Waals surface area contributed by atoms with Crippen molar-refractivity contribution < 1.29 is 4.74 Å². The van der Waals surface area contributed by atoms with Crippen LogP contribution >= 0.6 is 0 Å². The number of aryl methyl sites for hydroxylation is 1. The third-order valence-electron chi connectivity index (χ3n) is 3.44. The van der Waals surface area contributed by atoms with E-state index in [1.807, 2.05) is 19.1 Å². The average Bonchev–Trinajstić information content (AvgIpc) is 3.01. The number of anilines is 3. The van der Waals surface area contributed by atoms with Gasteiger partial charge in [-0.15, -0.1) is 0 Å². The fourth-order valence-corrected chi connectivity index (χ4v) is 2.35. The van der Waals surface area contributed by atoms with Gasteiger partial charge in [0.05, 0.1) is 19.4 Å². The van der Waals surface area contributed by atoms with Crippen LogP contribution in [0.15, 0.2) is 18.3 Å². The van der Waals surface area contributed by atoms with Crippen LogP contribution in [-0.2, 0) is 4.74 Å². The third-order valence-corrected chi connectivity index (χ3v) is 3.44. The number of aromatic amines is 1. The molecule has 0 saturated carbocycles. The molecule has 3 N–H and O–H groups in total. The molecule has 22 heavy (non-hydrogen) atoms. The highest BCUT2D eigenvalue weighted by Crippen LogP contribution is 2.15. The zero-order chi connectivity index (χ0) is 15.2. The van der Waals surface area contributed by atoms with Crippen LogP contribution in [0.5, 0.6) is 0 Å². The highest BCUT2D eigenvalue weighted by molar-refractivity contribution is 5.55. The van der Waals surface area contributed by atoms with Crippen molar-refractivity contribution in [2.45, 2.75) is 6.92 Å². The Kier molecular flexibility index (Phi) is 4.81. The maximum absolute atomic E-state index is 5.35. The SMILES string of the molecule is Cc1nc(NCCN2CCOCC2)cc(Nc2ccn[nH]2)n1. The summed E-state index contributed by atoms with van der Waals surface area (Å²) < 4.78 is 5.35. The minimum Gasteiger partial charge on any atom is -0.379 e. The molecule has 0 unspecified atom stereocenters. The Hall–Kier alpha value is -2.19. The van der Waals surface area contributed by atoms with Crippen molar-refractivity contribution in [1.29, 1.82) is 0 Å².